The molecule has 0 fully saturated rings. The molecule has 0 radical (unpaired) electrons. The van der Waals surface area contributed by atoms with Crippen LogP contribution in [0.5, 0.6) is 0 Å². The number of halogens is 1. The van der Waals surface area contributed by atoms with Gasteiger partial charge in [-0.2, -0.15) is 0 Å². The molecule has 0 unspecified atom stereocenters. The highest BCUT2D eigenvalue weighted by Gasteiger charge is 2.23. The highest BCUT2D eigenvalue weighted by molar-refractivity contribution is 9.11. The number of nitrogens with zero attached hydrogens (tertiary/aromatic N) is 3. The second-order valence-electron chi connectivity index (χ2n) is 5.28. The van der Waals surface area contributed by atoms with E-state index in [1.54, 1.807) is 11.1 Å². The second kappa shape index (κ2) is 7.03. The van der Waals surface area contributed by atoms with Crippen LogP contribution in [0.1, 0.15) is 15.4 Å². The van der Waals surface area contributed by atoms with E-state index in [4.69, 9.17) is 0 Å². The molecule has 3 heterocycles. The van der Waals surface area contributed by atoms with Crippen LogP contribution in [-0.4, -0.2) is 15.9 Å². The van der Waals surface area contributed by atoms with E-state index in [0.717, 1.165) is 19.7 Å². The predicted octanol–water partition coefficient (Wildman–Crippen LogP) is 5.36. The Bertz CT molecular complexity index is 996. The molecule has 0 N–H and O–H groups in total. The zero-order valence-corrected chi connectivity index (χ0v) is 16.1. The first-order valence-electron chi connectivity index (χ1n) is 7.53. The van der Waals surface area contributed by atoms with Gasteiger partial charge in [-0.25, -0.2) is 4.98 Å². The average molecular weight is 430 g/mol. The van der Waals surface area contributed by atoms with Crippen molar-refractivity contribution in [1.29, 1.82) is 0 Å². The van der Waals surface area contributed by atoms with Crippen LogP contribution in [0.3, 0.4) is 0 Å². The van der Waals surface area contributed by atoms with Crippen molar-refractivity contribution in [2.24, 2.45) is 0 Å². The number of para-hydroxylation sites is 1. The van der Waals surface area contributed by atoms with Gasteiger partial charge in [-0.15, -0.1) is 11.3 Å². The zero-order chi connectivity index (χ0) is 17.2. The molecule has 0 saturated carbocycles. The minimum absolute atomic E-state index is 0.0691. The normalized spacial score (nSPS) is 10.9. The van der Waals surface area contributed by atoms with Crippen LogP contribution < -0.4 is 4.90 Å². The van der Waals surface area contributed by atoms with Crippen LogP contribution in [0.4, 0.5) is 5.13 Å². The van der Waals surface area contributed by atoms with E-state index in [1.165, 1.54) is 22.7 Å². The molecule has 124 valence electrons. The van der Waals surface area contributed by atoms with E-state index in [9.17, 15) is 4.79 Å². The van der Waals surface area contributed by atoms with Gasteiger partial charge in [-0.05, 0) is 52.3 Å². The number of hydrogen-bond donors (Lipinski definition) is 0. The van der Waals surface area contributed by atoms with E-state index < -0.39 is 0 Å². The van der Waals surface area contributed by atoms with Crippen molar-refractivity contribution < 1.29 is 4.79 Å². The summed E-state index contributed by atoms with van der Waals surface area (Å²) in [4.78, 5) is 24.5. The third-order valence-corrected chi connectivity index (χ3v) is 6.26. The molecule has 0 spiro atoms. The van der Waals surface area contributed by atoms with Gasteiger partial charge in [-0.1, -0.05) is 29.5 Å². The van der Waals surface area contributed by atoms with Crippen molar-refractivity contribution in [2.45, 2.75) is 6.54 Å². The number of benzene rings is 1. The Morgan fingerprint density at radius 3 is 2.60 bits per heavy atom. The SMILES string of the molecule is O=C(c1ccc(Br)s1)N(Cc1ccccn1)c1nc2ccccc2s1. The number of rotatable bonds is 4. The van der Waals surface area contributed by atoms with E-state index in [0.29, 0.717) is 16.6 Å². The van der Waals surface area contributed by atoms with Gasteiger partial charge in [0.15, 0.2) is 5.13 Å². The topological polar surface area (TPSA) is 46.1 Å². The van der Waals surface area contributed by atoms with Crippen LogP contribution >= 0.6 is 38.6 Å². The fraction of sp³-hybridized carbons (Fsp3) is 0.0556. The van der Waals surface area contributed by atoms with Gasteiger partial charge >= 0.3 is 0 Å². The van der Waals surface area contributed by atoms with Crippen molar-refractivity contribution >= 4 is 59.9 Å². The first kappa shape index (κ1) is 16.4. The number of pyridine rings is 1. The molecule has 25 heavy (non-hydrogen) atoms. The Kier molecular flexibility index (Phi) is 4.61. The number of thiazole rings is 1. The van der Waals surface area contributed by atoms with E-state index in [1.807, 2.05) is 54.6 Å². The molecule has 0 aliphatic heterocycles. The predicted molar refractivity (Wildman–Crippen MR) is 106 cm³/mol. The summed E-state index contributed by atoms with van der Waals surface area (Å²) in [5.74, 6) is -0.0691. The molecule has 0 aliphatic carbocycles. The number of aromatic nitrogens is 2. The second-order valence-corrected chi connectivity index (χ2v) is 8.75. The van der Waals surface area contributed by atoms with Gasteiger partial charge < -0.3 is 0 Å². The number of thiophene rings is 1. The highest BCUT2D eigenvalue weighted by Crippen LogP contribution is 2.32. The number of carbonyl (C=O) groups is 1. The molecule has 4 aromatic rings. The molecule has 0 aliphatic rings. The number of fused-ring (bicyclic) bond motifs is 1. The van der Waals surface area contributed by atoms with Crippen molar-refractivity contribution in [2.75, 3.05) is 4.90 Å². The largest absolute Gasteiger partial charge is 0.277 e. The van der Waals surface area contributed by atoms with Gasteiger partial charge in [0, 0.05) is 6.20 Å². The molecule has 4 nitrogen and oxygen atoms in total. The molecule has 1 aromatic carbocycles. The summed E-state index contributed by atoms with van der Waals surface area (Å²) in [5.41, 5.74) is 1.72. The number of hydrogen-bond acceptors (Lipinski definition) is 5. The Balaban J connectivity index is 1.75. The van der Waals surface area contributed by atoms with Gasteiger partial charge in [0.05, 0.1) is 31.1 Å². The fourth-order valence-electron chi connectivity index (χ4n) is 2.42. The number of amides is 1. The molecule has 4 rings (SSSR count). The maximum absolute atomic E-state index is 13.1. The van der Waals surface area contributed by atoms with E-state index in [-0.39, 0.29) is 5.91 Å². The Hall–Kier alpha value is -2.09. The Morgan fingerprint density at radius 2 is 1.88 bits per heavy atom. The summed E-state index contributed by atoms with van der Waals surface area (Å²) in [6, 6.07) is 17.3. The average Bonchev–Trinajstić information content (AvgIpc) is 3.26. The van der Waals surface area contributed by atoms with Gasteiger partial charge in [-0.3, -0.25) is 14.7 Å². The Morgan fingerprint density at radius 1 is 1.04 bits per heavy atom. The molecular formula is C18H12BrN3OS2. The third kappa shape index (κ3) is 3.49. The van der Waals surface area contributed by atoms with Crippen LogP contribution in [0, 0.1) is 0 Å². The number of anilines is 1. The summed E-state index contributed by atoms with van der Waals surface area (Å²) >= 11 is 6.35. The van der Waals surface area contributed by atoms with E-state index >= 15 is 0 Å². The van der Waals surface area contributed by atoms with Crippen LogP contribution in [0.2, 0.25) is 0 Å². The molecule has 7 heteroatoms. The zero-order valence-electron chi connectivity index (χ0n) is 12.9. The van der Waals surface area contributed by atoms with Crippen molar-refractivity contribution in [3.8, 4) is 0 Å². The minimum atomic E-state index is -0.0691. The molecule has 3 aromatic heterocycles. The Labute approximate surface area is 160 Å². The quantitative estimate of drug-likeness (QED) is 0.438. The summed E-state index contributed by atoms with van der Waals surface area (Å²) in [6.07, 6.45) is 1.73. The smallest absolute Gasteiger partial charge is 0.270 e. The monoisotopic (exact) mass is 429 g/mol. The summed E-state index contributed by atoms with van der Waals surface area (Å²) < 4.78 is 1.99. The van der Waals surface area contributed by atoms with Gasteiger partial charge in [0.1, 0.15) is 0 Å². The lowest BCUT2D eigenvalue weighted by molar-refractivity contribution is 0.0988. The summed E-state index contributed by atoms with van der Waals surface area (Å²) in [6.45, 7) is 0.384. The summed E-state index contributed by atoms with van der Waals surface area (Å²) in [5, 5.41) is 0.682. The van der Waals surface area contributed by atoms with Gasteiger partial charge in [0.25, 0.3) is 5.91 Å². The molecule has 0 atom stereocenters. The molecule has 0 bridgehead atoms. The van der Waals surface area contributed by atoms with Crippen molar-refractivity contribution in [3.05, 3.63) is 75.2 Å². The first-order valence-corrected chi connectivity index (χ1v) is 9.96. The standard InChI is InChI=1S/C18H12BrN3OS2/c19-16-9-8-15(24-16)17(23)22(11-12-5-3-4-10-20-12)18-21-13-6-1-2-7-14(13)25-18/h1-10H,11H2. The molecule has 1 amide bonds. The lowest BCUT2D eigenvalue weighted by Gasteiger charge is -2.18. The summed E-state index contributed by atoms with van der Waals surface area (Å²) in [7, 11) is 0. The maximum Gasteiger partial charge on any atom is 0.270 e. The minimum Gasteiger partial charge on any atom is -0.277 e. The van der Waals surface area contributed by atoms with Crippen LogP contribution in [0.15, 0.2) is 64.6 Å². The third-order valence-electron chi connectivity index (χ3n) is 3.59. The van der Waals surface area contributed by atoms with Crippen molar-refractivity contribution in [1.82, 2.24) is 9.97 Å². The van der Waals surface area contributed by atoms with E-state index in [2.05, 4.69) is 25.9 Å². The maximum atomic E-state index is 13.1. The van der Waals surface area contributed by atoms with Crippen LogP contribution in [0.25, 0.3) is 10.2 Å². The van der Waals surface area contributed by atoms with Gasteiger partial charge in [0.2, 0.25) is 0 Å². The first-order chi connectivity index (χ1) is 12.2. The lowest BCUT2D eigenvalue weighted by atomic mass is 10.3. The number of carbonyl (C=O) groups excluding carboxylic acids is 1. The molecule has 0 saturated heterocycles. The fourth-order valence-corrected chi connectivity index (χ4v) is 4.72. The van der Waals surface area contributed by atoms with Crippen LogP contribution in [-0.2, 0) is 6.54 Å². The van der Waals surface area contributed by atoms with Crippen molar-refractivity contribution in [3.63, 3.8) is 0 Å². The molecular weight excluding hydrogens is 418 g/mol. The lowest BCUT2D eigenvalue weighted by Crippen LogP contribution is -2.30. The highest BCUT2D eigenvalue weighted by atomic mass is 79.9.